The van der Waals surface area contributed by atoms with E-state index in [1.54, 1.807) is 6.07 Å². The van der Waals surface area contributed by atoms with Crippen molar-refractivity contribution in [1.29, 1.82) is 0 Å². The number of aromatic amines is 1. The summed E-state index contributed by atoms with van der Waals surface area (Å²) < 4.78 is 13.2. The van der Waals surface area contributed by atoms with Gasteiger partial charge in [-0.25, -0.2) is 9.37 Å². The number of halogens is 3. The van der Waals surface area contributed by atoms with E-state index in [2.05, 4.69) is 25.9 Å². The van der Waals surface area contributed by atoms with Crippen LogP contribution in [-0.4, -0.2) is 9.97 Å². The minimum Gasteiger partial charge on any atom is -0.309 e. The first kappa shape index (κ1) is 12.3. The summed E-state index contributed by atoms with van der Waals surface area (Å²) in [4.78, 5) is 18.0. The molecule has 0 radical (unpaired) electrons. The number of H-pyrrole nitrogens is 1. The van der Waals surface area contributed by atoms with Gasteiger partial charge in [0.1, 0.15) is 16.1 Å². The van der Waals surface area contributed by atoms with Gasteiger partial charge in [0.25, 0.3) is 5.56 Å². The van der Waals surface area contributed by atoms with Gasteiger partial charge in [-0.15, -0.1) is 0 Å². The smallest absolute Gasteiger partial charge is 0.265 e. The lowest BCUT2D eigenvalue weighted by molar-refractivity contribution is 0.627. The first-order valence-corrected chi connectivity index (χ1v) is 5.91. The zero-order chi connectivity index (χ0) is 12.4. The Morgan fingerprint density at radius 1 is 1.47 bits per heavy atom. The number of aromatic nitrogens is 2. The van der Waals surface area contributed by atoms with Crippen LogP contribution in [0.2, 0.25) is 5.02 Å². The third-order valence-electron chi connectivity index (χ3n) is 2.18. The molecule has 0 aliphatic heterocycles. The summed E-state index contributed by atoms with van der Waals surface area (Å²) in [6.45, 7) is 0. The Labute approximate surface area is 110 Å². The quantitative estimate of drug-likeness (QED) is 0.925. The molecule has 17 heavy (non-hydrogen) atoms. The maximum Gasteiger partial charge on any atom is 0.265 e. The summed E-state index contributed by atoms with van der Waals surface area (Å²) in [6.07, 6.45) is 1.77. The predicted octanol–water partition coefficient (Wildman–Crippen LogP) is 2.92. The number of nitrogens with zero attached hydrogens (tertiary/aromatic N) is 1. The van der Waals surface area contributed by atoms with Crippen LogP contribution in [0.5, 0.6) is 0 Å². The highest BCUT2D eigenvalue weighted by Crippen LogP contribution is 2.19. The average molecular weight is 318 g/mol. The molecule has 6 heteroatoms. The van der Waals surface area contributed by atoms with Crippen LogP contribution < -0.4 is 5.56 Å². The Morgan fingerprint density at radius 2 is 2.24 bits per heavy atom. The van der Waals surface area contributed by atoms with Crippen molar-refractivity contribution >= 4 is 27.5 Å². The van der Waals surface area contributed by atoms with Crippen LogP contribution in [0.3, 0.4) is 0 Å². The van der Waals surface area contributed by atoms with Crippen LogP contribution in [0.15, 0.2) is 33.7 Å². The molecule has 0 saturated carbocycles. The second-order valence-electron chi connectivity index (χ2n) is 3.42. The number of hydrogen-bond acceptors (Lipinski definition) is 2. The van der Waals surface area contributed by atoms with Crippen molar-refractivity contribution in [2.24, 2.45) is 0 Å². The minimum atomic E-state index is -0.393. The molecule has 0 unspecified atom stereocenters. The van der Waals surface area contributed by atoms with Gasteiger partial charge >= 0.3 is 0 Å². The van der Waals surface area contributed by atoms with Gasteiger partial charge in [-0.05, 0) is 33.6 Å². The summed E-state index contributed by atoms with van der Waals surface area (Å²) in [7, 11) is 0. The molecule has 88 valence electrons. The highest BCUT2D eigenvalue weighted by Gasteiger charge is 2.06. The molecule has 0 aliphatic carbocycles. The molecule has 1 N–H and O–H groups in total. The van der Waals surface area contributed by atoms with Gasteiger partial charge in [0.05, 0.1) is 0 Å². The normalized spacial score (nSPS) is 10.5. The lowest BCUT2D eigenvalue weighted by atomic mass is 10.1. The fourth-order valence-electron chi connectivity index (χ4n) is 1.35. The zero-order valence-electron chi connectivity index (χ0n) is 8.51. The lowest BCUT2D eigenvalue weighted by Gasteiger charge is -2.03. The van der Waals surface area contributed by atoms with Gasteiger partial charge in [-0.2, -0.15) is 0 Å². The molecular formula is C11H7BrClFN2O. The molecule has 3 nitrogen and oxygen atoms in total. The van der Waals surface area contributed by atoms with Crippen LogP contribution in [-0.2, 0) is 6.42 Å². The van der Waals surface area contributed by atoms with Gasteiger partial charge in [-0.1, -0.05) is 17.7 Å². The third-order valence-corrected chi connectivity index (χ3v) is 3.10. The molecule has 0 saturated heterocycles. The van der Waals surface area contributed by atoms with Gasteiger partial charge in [0.15, 0.2) is 0 Å². The average Bonchev–Trinajstić information content (AvgIpc) is 2.27. The van der Waals surface area contributed by atoms with Crippen LogP contribution in [0, 0.1) is 5.82 Å². The predicted molar refractivity (Wildman–Crippen MR) is 66.8 cm³/mol. The molecule has 1 heterocycles. The summed E-state index contributed by atoms with van der Waals surface area (Å²) in [5, 5.41) is 0.315. The summed E-state index contributed by atoms with van der Waals surface area (Å²) >= 11 is 8.94. The summed E-state index contributed by atoms with van der Waals surface area (Å²) in [5.74, 6) is 0.0858. The van der Waals surface area contributed by atoms with Crippen LogP contribution >= 0.6 is 27.5 Å². The number of rotatable bonds is 2. The molecule has 2 aromatic rings. The fraction of sp³-hybridized carbons (Fsp3) is 0.0909. The SMILES string of the molecule is O=c1[nH]c(Cc2ccc(F)cc2Cl)ncc1Br. The van der Waals surface area contributed by atoms with Crippen LogP contribution in [0.25, 0.3) is 0 Å². The van der Waals surface area contributed by atoms with E-state index in [0.29, 0.717) is 27.3 Å². The largest absolute Gasteiger partial charge is 0.309 e. The Morgan fingerprint density at radius 3 is 2.88 bits per heavy atom. The van der Waals surface area contributed by atoms with Crippen LogP contribution in [0.4, 0.5) is 4.39 Å². The van der Waals surface area contributed by atoms with E-state index in [1.807, 2.05) is 0 Å². The Kier molecular flexibility index (Phi) is 3.59. The molecular weight excluding hydrogens is 310 g/mol. The fourth-order valence-corrected chi connectivity index (χ4v) is 1.79. The topological polar surface area (TPSA) is 45.8 Å². The molecule has 0 bridgehead atoms. The van der Waals surface area contributed by atoms with E-state index in [0.717, 1.165) is 0 Å². The summed E-state index contributed by atoms with van der Waals surface area (Å²) in [5.41, 5.74) is 0.451. The third kappa shape index (κ3) is 2.92. The second-order valence-corrected chi connectivity index (χ2v) is 4.68. The van der Waals surface area contributed by atoms with Crippen LogP contribution in [0.1, 0.15) is 11.4 Å². The summed E-state index contributed by atoms with van der Waals surface area (Å²) in [6, 6.07) is 4.12. The van der Waals surface area contributed by atoms with Crippen molar-refractivity contribution in [3.05, 3.63) is 61.5 Å². The van der Waals surface area contributed by atoms with E-state index in [-0.39, 0.29) is 5.56 Å². The molecule has 0 amide bonds. The second kappa shape index (κ2) is 4.98. The van der Waals surface area contributed by atoms with Gasteiger partial charge in [0, 0.05) is 17.6 Å². The number of nitrogens with one attached hydrogen (secondary N) is 1. The molecule has 0 atom stereocenters. The zero-order valence-corrected chi connectivity index (χ0v) is 10.8. The molecule has 0 aliphatic rings. The Hall–Kier alpha value is -1.20. The molecule has 1 aromatic carbocycles. The first-order valence-electron chi connectivity index (χ1n) is 4.74. The van der Waals surface area contributed by atoms with E-state index >= 15 is 0 Å². The maximum atomic E-state index is 12.8. The molecule has 0 spiro atoms. The van der Waals surface area contributed by atoms with Crippen molar-refractivity contribution in [2.75, 3.05) is 0 Å². The van der Waals surface area contributed by atoms with Gasteiger partial charge < -0.3 is 4.98 Å². The van der Waals surface area contributed by atoms with E-state index in [1.165, 1.54) is 18.3 Å². The van der Waals surface area contributed by atoms with Crippen molar-refractivity contribution in [3.63, 3.8) is 0 Å². The monoisotopic (exact) mass is 316 g/mol. The van der Waals surface area contributed by atoms with Gasteiger partial charge in [-0.3, -0.25) is 4.79 Å². The number of benzene rings is 1. The molecule has 0 fully saturated rings. The van der Waals surface area contributed by atoms with E-state index < -0.39 is 5.82 Å². The van der Waals surface area contributed by atoms with E-state index in [9.17, 15) is 9.18 Å². The van der Waals surface area contributed by atoms with Gasteiger partial charge in [0.2, 0.25) is 0 Å². The minimum absolute atomic E-state index is 0.256. The Balaban J connectivity index is 2.31. The standard InChI is InChI=1S/C11H7BrClFN2O/c12-8-5-15-10(16-11(8)17)3-6-1-2-7(14)4-9(6)13/h1-2,4-5H,3H2,(H,15,16,17). The van der Waals surface area contributed by atoms with Crippen molar-refractivity contribution in [3.8, 4) is 0 Å². The Bertz CT molecular complexity index is 615. The number of hydrogen-bond donors (Lipinski definition) is 1. The molecule has 1 aromatic heterocycles. The van der Waals surface area contributed by atoms with Crippen molar-refractivity contribution in [1.82, 2.24) is 9.97 Å². The molecule has 2 rings (SSSR count). The highest BCUT2D eigenvalue weighted by atomic mass is 79.9. The van der Waals surface area contributed by atoms with Crippen molar-refractivity contribution in [2.45, 2.75) is 6.42 Å². The van der Waals surface area contributed by atoms with E-state index in [4.69, 9.17) is 11.6 Å². The highest BCUT2D eigenvalue weighted by molar-refractivity contribution is 9.10. The first-order chi connectivity index (χ1) is 8.06. The maximum absolute atomic E-state index is 12.8. The van der Waals surface area contributed by atoms with Crippen molar-refractivity contribution < 1.29 is 4.39 Å². The lowest BCUT2D eigenvalue weighted by Crippen LogP contribution is -2.11.